The minimum Gasteiger partial charge on any atom is -0.472 e. The summed E-state index contributed by atoms with van der Waals surface area (Å²) in [4.78, 5) is 35.4. The Hall–Kier alpha value is -3.09. The van der Waals surface area contributed by atoms with E-state index >= 15 is 0 Å². The van der Waals surface area contributed by atoms with Gasteiger partial charge in [-0.3, -0.25) is 14.4 Å². The van der Waals surface area contributed by atoms with E-state index in [-0.39, 0.29) is 12.5 Å². The van der Waals surface area contributed by atoms with Crippen molar-refractivity contribution in [3.8, 4) is 0 Å². The second-order valence-electron chi connectivity index (χ2n) is 5.19. The molecule has 0 spiro atoms. The van der Waals surface area contributed by atoms with E-state index in [1.165, 1.54) is 25.5 Å². The molecule has 2 rings (SSSR count). The fourth-order valence-corrected chi connectivity index (χ4v) is 1.92. The van der Waals surface area contributed by atoms with Crippen molar-refractivity contribution in [1.29, 1.82) is 0 Å². The molecule has 0 aliphatic rings. The Balaban J connectivity index is 1.69. The normalized spacial score (nSPS) is 11.4. The van der Waals surface area contributed by atoms with Crippen LogP contribution < -0.4 is 16.0 Å². The summed E-state index contributed by atoms with van der Waals surface area (Å²) in [6.45, 7) is 1.77. The van der Waals surface area contributed by atoms with Crippen LogP contribution in [0.4, 0.5) is 0 Å². The highest BCUT2D eigenvalue weighted by molar-refractivity contribution is 5.97. The fourth-order valence-electron chi connectivity index (χ4n) is 1.92. The fraction of sp³-hybridized carbons (Fsp3) is 0.235. The van der Waals surface area contributed by atoms with Crippen molar-refractivity contribution >= 4 is 17.7 Å². The van der Waals surface area contributed by atoms with Gasteiger partial charge in [-0.15, -0.1) is 0 Å². The minimum absolute atomic E-state index is 0.155. The van der Waals surface area contributed by atoms with E-state index in [0.717, 1.165) is 5.56 Å². The SMILES string of the molecule is CC(NC(=O)c1ccoc1)C(=O)NCC(=O)NCc1ccccc1. The van der Waals surface area contributed by atoms with Crippen molar-refractivity contribution in [2.24, 2.45) is 0 Å². The molecule has 1 unspecified atom stereocenters. The number of hydrogen-bond donors (Lipinski definition) is 3. The van der Waals surface area contributed by atoms with Crippen LogP contribution in [0.25, 0.3) is 0 Å². The standard InChI is InChI=1S/C17H19N3O4/c1-12(20-17(23)14-7-8-24-11-14)16(22)19-10-15(21)18-9-13-5-3-2-4-6-13/h2-8,11-12H,9-10H2,1H3,(H,18,21)(H,19,22)(H,20,23). The van der Waals surface area contributed by atoms with Crippen molar-refractivity contribution < 1.29 is 18.8 Å². The van der Waals surface area contributed by atoms with Crippen LogP contribution in [0.5, 0.6) is 0 Å². The Morgan fingerprint density at radius 2 is 1.83 bits per heavy atom. The first-order valence-electron chi connectivity index (χ1n) is 7.47. The Morgan fingerprint density at radius 1 is 1.08 bits per heavy atom. The van der Waals surface area contributed by atoms with Gasteiger partial charge in [0.1, 0.15) is 12.3 Å². The zero-order chi connectivity index (χ0) is 17.4. The van der Waals surface area contributed by atoms with Crippen LogP contribution >= 0.6 is 0 Å². The molecule has 7 heteroatoms. The summed E-state index contributed by atoms with van der Waals surface area (Å²) in [6.07, 6.45) is 2.66. The molecular formula is C17H19N3O4. The largest absolute Gasteiger partial charge is 0.472 e. The molecule has 0 saturated heterocycles. The first-order valence-corrected chi connectivity index (χ1v) is 7.47. The van der Waals surface area contributed by atoms with Crippen molar-refractivity contribution in [2.45, 2.75) is 19.5 Å². The lowest BCUT2D eigenvalue weighted by atomic mass is 10.2. The molecule has 0 aliphatic heterocycles. The Labute approximate surface area is 139 Å². The van der Waals surface area contributed by atoms with Crippen LogP contribution in [0, 0.1) is 0 Å². The first kappa shape index (κ1) is 17.3. The van der Waals surface area contributed by atoms with Gasteiger partial charge in [-0.25, -0.2) is 0 Å². The lowest BCUT2D eigenvalue weighted by molar-refractivity contribution is -0.127. The van der Waals surface area contributed by atoms with Crippen molar-refractivity contribution in [3.05, 3.63) is 60.1 Å². The number of hydrogen-bond acceptors (Lipinski definition) is 4. The maximum Gasteiger partial charge on any atom is 0.255 e. The second-order valence-corrected chi connectivity index (χ2v) is 5.19. The summed E-state index contributed by atoms with van der Waals surface area (Å²) in [5.41, 5.74) is 1.30. The van der Waals surface area contributed by atoms with Gasteiger partial charge in [0, 0.05) is 6.54 Å². The van der Waals surface area contributed by atoms with Gasteiger partial charge in [0.15, 0.2) is 0 Å². The molecule has 2 aromatic rings. The molecule has 0 bridgehead atoms. The number of amides is 3. The molecule has 24 heavy (non-hydrogen) atoms. The lowest BCUT2D eigenvalue weighted by Crippen LogP contribution is -2.47. The molecule has 0 aliphatic carbocycles. The smallest absolute Gasteiger partial charge is 0.255 e. The van der Waals surface area contributed by atoms with E-state index in [9.17, 15) is 14.4 Å². The van der Waals surface area contributed by atoms with E-state index in [0.29, 0.717) is 12.1 Å². The average molecular weight is 329 g/mol. The van der Waals surface area contributed by atoms with Gasteiger partial charge < -0.3 is 20.4 Å². The minimum atomic E-state index is -0.769. The summed E-state index contributed by atoms with van der Waals surface area (Å²) >= 11 is 0. The van der Waals surface area contributed by atoms with Crippen LogP contribution in [-0.4, -0.2) is 30.3 Å². The molecule has 0 fully saturated rings. The highest BCUT2D eigenvalue weighted by Gasteiger charge is 2.17. The number of nitrogens with one attached hydrogen (secondary N) is 3. The van der Waals surface area contributed by atoms with E-state index in [4.69, 9.17) is 4.42 Å². The third-order valence-electron chi connectivity index (χ3n) is 3.28. The Kier molecular flexibility index (Phi) is 6.13. The summed E-state index contributed by atoms with van der Waals surface area (Å²) in [6, 6.07) is 10.2. The zero-order valence-corrected chi connectivity index (χ0v) is 13.2. The highest BCUT2D eigenvalue weighted by atomic mass is 16.3. The third-order valence-corrected chi connectivity index (χ3v) is 3.28. The number of furan rings is 1. The number of carbonyl (C=O) groups is 3. The quantitative estimate of drug-likeness (QED) is 0.700. The van der Waals surface area contributed by atoms with E-state index in [2.05, 4.69) is 16.0 Å². The predicted molar refractivity (Wildman–Crippen MR) is 86.9 cm³/mol. The van der Waals surface area contributed by atoms with Crippen LogP contribution in [-0.2, 0) is 16.1 Å². The topological polar surface area (TPSA) is 100 Å². The van der Waals surface area contributed by atoms with Crippen molar-refractivity contribution in [1.82, 2.24) is 16.0 Å². The number of rotatable bonds is 7. The number of benzene rings is 1. The highest BCUT2D eigenvalue weighted by Crippen LogP contribution is 2.00. The molecule has 0 saturated carbocycles. The summed E-state index contributed by atoms with van der Waals surface area (Å²) in [5.74, 6) is -1.16. The second kappa shape index (κ2) is 8.52. The number of carbonyl (C=O) groups excluding carboxylic acids is 3. The molecular weight excluding hydrogens is 310 g/mol. The average Bonchev–Trinajstić information content (AvgIpc) is 3.13. The summed E-state index contributed by atoms with van der Waals surface area (Å²) in [7, 11) is 0. The van der Waals surface area contributed by atoms with Crippen LogP contribution in [0.15, 0.2) is 53.3 Å². The van der Waals surface area contributed by atoms with Crippen LogP contribution in [0.3, 0.4) is 0 Å². The maximum absolute atomic E-state index is 11.9. The first-order chi connectivity index (χ1) is 11.6. The van der Waals surface area contributed by atoms with E-state index in [1.54, 1.807) is 0 Å². The monoisotopic (exact) mass is 329 g/mol. The van der Waals surface area contributed by atoms with Gasteiger partial charge in [0.05, 0.1) is 18.4 Å². The van der Waals surface area contributed by atoms with Gasteiger partial charge in [-0.2, -0.15) is 0 Å². The van der Waals surface area contributed by atoms with Crippen LogP contribution in [0.2, 0.25) is 0 Å². The summed E-state index contributed by atoms with van der Waals surface area (Å²) < 4.78 is 4.81. The van der Waals surface area contributed by atoms with E-state index < -0.39 is 17.9 Å². The van der Waals surface area contributed by atoms with Gasteiger partial charge in [-0.1, -0.05) is 30.3 Å². The maximum atomic E-state index is 11.9. The predicted octanol–water partition coefficient (Wildman–Crippen LogP) is 0.830. The van der Waals surface area contributed by atoms with Crippen LogP contribution in [0.1, 0.15) is 22.8 Å². The van der Waals surface area contributed by atoms with Gasteiger partial charge >= 0.3 is 0 Å². The van der Waals surface area contributed by atoms with Crippen molar-refractivity contribution in [3.63, 3.8) is 0 Å². The van der Waals surface area contributed by atoms with Crippen molar-refractivity contribution in [2.75, 3.05) is 6.54 Å². The van der Waals surface area contributed by atoms with Gasteiger partial charge in [0.2, 0.25) is 11.8 Å². The molecule has 1 atom stereocenters. The zero-order valence-electron chi connectivity index (χ0n) is 13.2. The summed E-state index contributed by atoms with van der Waals surface area (Å²) in [5, 5.41) is 7.70. The lowest BCUT2D eigenvalue weighted by Gasteiger charge is -2.13. The molecule has 1 aromatic heterocycles. The molecule has 3 N–H and O–H groups in total. The third kappa shape index (κ3) is 5.28. The molecule has 126 valence electrons. The molecule has 1 aromatic carbocycles. The molecule has 3 amide bonds. The van der Waals surface area contributed by atoms with Gasteiger partial charge in [0.25, 0.3) is 5.91 Å². The molecule has 7 nitrogen and oxygen atoms in total. The Bertz CT molecular complexity index is 683. The van der Waals surface area contributed by atoms with Gasteiger partial charge in [-0.05, 0) is 18.6 Å². The molecule has 0 radical (unpaired) electrons. The molecule has 1 heterocycles. The van der Waals surface area contributed by atoms with E-state index in [1.807, 2.05) is 30.3 Å². The Morgan fingerprint density at radius 3 is 2.50 bits per heavy atom.